The standard InChI is InChI=1S/C14H26ClN5/c1-6-16-14-17-9-12(15)13(18-14)20(10-11(2)3)8-7-19(4)5/h9,11H,6-8,10H2,1-5H3,(H,16,17,18). The van der Waals surface area contributed by atoms with Crippen LogP contribution in [-0.4, -0.2) is 55.1 Å². The van der Waals surface area contributed by atoms with Crippen molar-refractivity contribution in [3.63, 3.8) is 0 Å². The van der Waals surface area contributed by atoms with E-state index in [0.29, 0.717) is 16.9 Å². The molecule has 0 saturated heterocycles. The molecule has 0 saturated carbocycles. The van der Waals surface area contributed by atoms with Crippen LogP contribution in [0.5, 0.6) is 0 Å². The van der Waals surface area contributed by atoms with Crippen molar-refractivity contribution in [2.45, 2.75) is 20.8 Å². The number of hydrogen-bond donors (Lipinski definition) is 1. The first-order valence-electron chi connectivity index (χ1n) is 7.10. The Bertz CT molecular complexity index is 409. The molecule has 1 N–H and O–H groups in total. The maximum Gasteiger partial charge on any atom is 0.224 e. The average Bonchev–Trinajstić information content (AvgIpc) is 2.36. The minimum Gasteiger partial charge on any atom is -0.354 e. The normalized spacial score (nSPS) is 11.2. The molecule has 1 rings (SSSR count). The predicted molar refractivity (Wildman–Crippen MR) is 86.8 cm³/mol. The molecule has 0 aromatic carbocycles. The van der Waals surface area contributed by atoms with Crippen molar-refractivity contribution >= 4 is 23.4 Å². The molecule has 1 aromatic heterocycles. The van der Waals surface area contributed by atoms with Gasteiger partial charge in [-0.2, -0.15) is 4.98 Å². The van der Waals surface area contributed by atoms with Gasteiger partial charge < -0.3 is 15.1 Å². The summed E-state index contributed by atoms with van der Waals surface area (Å²) in [4.78, 5) is 13.1. The topological polar surface area (TPSA) is 44.3 Å². The zero-order valence-corrected chi connectivity index (χ0v) is 13.9. The van der Waals surface area contributed by atoms with Crippen LogP contribution in [0.4, 0.5) is 11.8 Å². The van der Waals surface area contributed by atoms with Crippen LogP contribution >= 0.6 is 11.6 Å². The van der Waals surface area contributed by atoms with Gasteiger partial charge in [-0.1, -0.05) is 25.4 Å². The largest absolute Gasteiger partial charge is 0.354 e. The Hall–Kier alpha value is -1.07. The van der Waals surface area contributed by atoms with E-state index in [1.807, 2.05) is 6.92 Å². The maximum atomic E-state index is 6.28. The number of nitrogens with zero attached hydrogens (tertiary/aromatic N) is 4. The molecule has 5 nitrogen and oxygen atoms in total. The minimum absolute atomic E-state index is 0.547. The van der Waals surface area contributed by atoms with Crippen molar-refractivity contribution in [3.05, 3.63) is 11.2 Å². The molecular formula is C14H26ClN5. The summed E-state index contributed by atoms with van der Waals surface area (Å²) in [6.07, 6.45) is 1.67. The fourth-order valence-electron chi connectivity index (χ4n) is 1.87. The Morgan fingerprint density at radius 2 is 2.00 bits per heavy atom. The van der Waals surface area contributed by atoms with Gasteiger partial charge in [-0.3, -0.25) is 0 Å². The summed E-state index contributed by atoms with van der Waals surface area (Å²) in [5.74, 6) is 1.99. The second-order valence-corrected chi connectivity index (χ2v) is 5.95. The van der Waals surface area contributed by atoms with Crippen LogP contribution in [0.3, 0.4) is 0 Å². The van der Waals surface area contributed by atoms with E-state index in [9.17, 15) is 0 Å². The quantitative estimate of drug-likeness (QED) is 0.799. The molecule has 6 heteroatoms. The summed E-state index contributed by atoms with van der Waals surface area (Å²) >= 11 is 6.28. The lowest BCUT2D eigenvalue weighted by Gasteiger charge is -2.28. The van der Waals surface area contributed by atoms with E-state index >= 15 is 0 Å². The lowest BCUT2D eigenvalue weighted by atomic mass is 10.2. The van der Waals surface area contributed by atoms with Crippen molar-refractivity contribution in [3.8, 4) is 0 Å². The molecule has 0 amide bonds. The number of likely N-dealkylation sites (N-methyl/N-ethyl adjacent to an activating group) is 1. The summed E-state index contributed by atoms with van der Waals surface area (Å²) in [6.45, 7) is 10.00. The number of anilines is 2. The first-order valence-corrected chi connectivity index (χ1v) is 7.47. The van der Waals surface area contributed by atoms with Crippen LogP contribution in [0.15, 0.2) is 6.20 Å². The molecule has 0 unspecified atom stereocenters. The highest BCUT2D eigenvalue weighted by molar-refractivity contribution is 6.32. The van der Waals surface area contributed by atoms with E-state index in [1.165, 1.54) is 0 Å². The zero-order valence-electron chi connectivity index (χ0n) is 13.1. The zero-order chi connectivity index (χ0) is 15.1. The lowest BCUT2D eigenvalue weighted by Crippen LogP contribution is -2.35. The van der Waals surface area contributed by atoms with Crippen LogP contribution in [0.2, 0.25) is 5.02 Å². The molecule has 20 heavy (non-hydrogen) atoms. The van der Waals surface area contributed by atoms with Gasteiger partial charge in [0.25, 0.3) is 0 Å². The summed E-state index contributed by atoms with van der Waals surface area (Å²) in [5.41, 5.74) is 0. The fraction of sp³-hybridized carbons (Fsp3) is 0.714. The number of rotatable bonds is 8. The summed E-state index contributed by atoms with van der Waals surface area (Å²) in [6, 6.07) is 0. The van der Waals surface area contributed by atoms with Gasteiger partial charge in [0, 0.05) is 26.2 Å². The molecule has 0 aliphatic heterocycles. The molecule has 0 bridgehead atoms. The Morgan fingerprint density at radius 1 is 1.30 bits per heavy atom. The van der Waals surface area contributed by atoms with E-state index in [0.717, 1.165) is 32.0 Å². The van der Waals surface area contributed by atoms with Crippen molar-refractivity contribution in [2.75, 3.05) is 50.5 Å². The first kappa shape index (κ1) is 17.0. The molecule has 0 aliphatic rings. The van der Waals surface area contributed by atoms with Crippen molar-refractivity contribution < 1.29 is 0 Å². The molecule has 1 heterocycles. The third-order valence-corrected chi connectivity index (χ3v) is 3.03. The van der Waals surface area contributed by atoms with Gasteiger partial charge in [-0.05, 0) is 26.9 Å². The molecule has 0 fully saturated rings. The highest BCUT2D eigenvalue weighted by atomic mass is 35.5. The number of nitrogens with one attached hydrogen (secondary N) is 1. The van der Waals surface area contributed by atoms with Crippen LogP contribution in [0, 0.1) is 5.92 Å². The third-order valence-electron chi connectivity index (χ3n) is 2.76. The van der Waals surface area contributed by atoms with E-state index in [-0.39, 0.29) is 0 Å². The lowest BCUT2D eigenvalue weighted by molar-refractivity contribution is 0.408. The molecule has 0 spiro atoms. The van der Waals surface area contributed by atoms with Gasteiger partial charge in [-0.15, -0.1) is 0 Å². The molecule has 0 aliphatic carbocycles. The predicted octanol–water partition coefficient (Wildman–Crippen LogP) is 2.59. The van der Waals surface area contributed by atoms with E-state index < -0.39 is 0 Å². The van der Waals surface area contributed by atoms with Gasteiger partial charge in [-0.25, -0.2) is 4.98 Å². The Labute approximate surface area is 127 Å². The van der Waals surface area contributed by atoms with Gasteiger partial charge in [0.05, 0.1) is 6.20 Å². The summed E-state index contributed by atoms with van der Waals surface area (Å²) in [7, 11) is 4.14. The Morgan fingerprint density at radius 3 is 2.55 bits per heavy atom. The molecule has 1 aromatic rings. The highest BCUT2D eigenvalue weighted by Gasteiger charge is 2.15. The van der Waals surface area contributed by atoms with Crippen molar-refractivity contribution in [1.82, 2.24) is 14.9 Å². The molecule has 0 atom stereocenters. The van der Waals surface area contributed by atoms with Crippen molar-refractivity contribution in [2.24, 2.45) is 5.92 Å². The minimum atomic E-state index is 0.547. The van der Waals surface area contributed by atoms with Crippen LogP contribution in [-0.2, 0) is 0 Å². The van der Waals surface area contributed by atoms with Gasteiger partial charge in [0.2, 0.25) is 5.95 Å². The Balaban J connectivity index is 2.95. The smallest absolute Gasteiger partial charge is 0.224 e. The van der Waals surface area contributed by atoms with Crippen LogP contribution in [0.1, 0.15) is 20.8 Å². The molecule has 114 valence electrons. The second-order valence-electron chi connectivity index (χ2n) is 5.54. The van der Waals surface area contributed by atoms with E-state index in [1.54, 1.807) is 6.20 Å². The first-order chi connectivity index (χ1) is 9.43. The molecular weight excluding hydrogens is 274 g/mol. The monoisotopic (exact) mass is 299 g/mol. The molecule has 0 radical (unpaired) electrons. The third kappa shape index (κ3) is 5.51. The summed E-state index contributed by atoms with van der Waals surface area (Å²) in [5, 5.41) is 3.73. The Kier molecular flexibility index (Phi) is 7.02. The highest BCUT2D eigenvalue weighted by Crippen LogP contribution is 2.24. The fourth-order valence-corrected chi connectivity index (χ4v) is 2.08. The SMILES string of the molecule is CCNc1ncc(Cl)c(N(CCN(C)C)CC(C)C)n1. The number of aromatic nitrogens is 2. The average molecular weight is 300 g/mol. The van der Waals surface area contributed by atoms with Gasteiger partial charge in [0.1, 0.15) is 5.02 Å². The summed E-state index contributed by atoms with van der Waals surface area (Å²) < 4.78 is 0. The van der Waals surface area contributed by atoms with E-state index in [2.05, 4.69) is 53.0 Å². The van der Waals surface area contributed by atoms with Crippen molar-refractivity contribution in [1.29, 1.82) is 0 Å². The maximum absolute atomic E-state index is 6.28. The number of halogens is 1. The van der Waals surface area contributed by atoms with E-state index in [4.69, 9.17) is 11.6 Å². The number of hydrogen-bond acceptors (Lipinski definition) is 5. The second kappa shape index (κ2) is 8.27. The van der Waals surface area contributed by atoms with Gasteiger partial charge in [0.15, 0.2) is 5.82 Å². The van der Waals surface area contributed by atoms with Crippen LogP contribution in [0.25, 0.3) is 0 Å². The van der Waals surface area contributed by atoms with Crippen LogP contribution < -0.4 is 10.2 Å². The van der Waals surface area contributed by atoms with Gasteiger partial charge >= 0.3 is 0 Å².